The molecule has 0 saturated carbocycles. The number of morpholine rings is 1. The van der Waals surface area contributed by atoms with Crippen molar-refractivity contribution < 1.29 is 21.9 Å². The van der Waals surface area contributed by atoms with E-state index in [-0.39, 0.29) is 37.2 Å². The second-order valence-electron chi connectivity index (χ2n) is 4.78. The zero-order valence-corrected chi connectivity index (χ0v) is 13.1. The maximum absolute atomic E-state index is 13.9. The molecule has 1 aromatic carbocycles. The molecule has 0 N–H and O–H groups in total. The summed E-state index contributed by atoms with van der Waals surface area (Å²) in [7, 11) is -4.13. The van der Waals surface area contributed by atoms with Crippen molar-refractivity contribution in [1.29, 1.82) is 0 Å². The number of rotatable bonds is 4. The Bertz CT molecular complexity index is 624. The monoisotopic (exact) mass is 339 g/mol. The molecular formula is C13H16ClF2NO3S. The van der Waals surface area contributed by atoms with Crippen molar-refractivity contribution in [2.45, 2.75) is 30.2 Å². The molecule has 4 nitrogen and oxygen atoms in total. The zero-order chi connectivity index (χ0) is 15.6. The van der Waals surface area contributed by atoms with Crippen LogP contribution in [0.1, 0.15) is 18.9 Å². The van der Waals surface area contributed by atoms with Crippen molar-refractivity contribution in [3.63, 3.8) is 0 Å². The fourth-order valence-corrected chi connectivity index (χ4v) is 4.23. The summed E-state index contributed by atoms with van der Waals surface area (Å²) in [5.41, 5.74) is 0.218. The Labute approximate surface area is 127 Å². The Morgan fingerprint density at radius 1 is 1.43 bits per heavy atom. The molecular weight excluding hydrogens is 324 g/mol. The maximum Gasteiger partial charge on any atom is 0.246 e. The number of sulfonamides is 1. The van der Waals surface area contributed by atoms with Crippen LogP contribution in [0.3, 0.4) is 0 Å². The largest absolute Gasteiger partial charge is 0.378 e. The van der Waals surface area contributed by atoms with E-state index in [1.54, 1.807) is 0 Å². The molecule has 21 heavy (non-hydrogen) atoms. The summed E-state index contributed by atoms with van der Waals surface area (Å²) in [6.45, 7) is 2.41. The Balaban J connectivity index is 2.50. The first-order chi connectivity index (χ1) is 9.91. The molecule has 0 aliphatic carbocycles. The highest BCUT2D eigenvalue weighted by molar-refractivity contribution is 7.89. The van der Waals surface area contributed by atoms with Gasteiger partial charge in [0, 0.05) is 18.5 Å². The van der Waals surface area contributed by atoms with Crippen LogP contribution in [0.4, 0.5) is 8.78 Å². The first kappa shape index (κ1) is 16.6. The summed E-state index contributed by atoms with van der Waals surface area (Å²) >= 11 is 5.60. The summed E-state index contributed by atoms with van der Waals surface area (Å²) in [5, 5.41) is 0. The highest BCUT2D eigenvalue weighted by Gasteiger charge is 2.35. The lowest BCUT2D eigenvalue weighted by Crippen LogP contribution is -2.48. The van der Waals surface area contributed by atoms with E-state index < -0.39 is 26.6 Å². The first-order valence-corrected chi connectivity index (χ1v) is 8.52. The molecule has 118 valence electrons. The van der Waals surface area contributed by atoms with Gasteiger partial charge in [0.2, 0.25) is 10.0 Å². The molecule has 8 heteroatoms. The average molecular weight is 340 g/mol. The molecule has 0 radical (unpaired) electrons. The van der Waals surface area contributed by atoms with Crippen LogP contribution in [0.15, 0.2) is 17.0 Å². The summed E-state index contributed by atoms with van der Waals surface area (Å²) < 4.78 is 59.2. The third-order valence-electron chi connectivity index (χ3n) is 3.44. The number of ether oxygens (including phenoxy) is 1. The molecule has 1 atom stereocenters. The standard InChI is InChI=1S/C13H16ClF2NO3S/c1-2-10-8-20-4-3-17(10)21(18,19)12-6-9(7-14)5-11(15)13(12)16/h5-6,10H,2-4,7-8H2,1H3. The van der Waals surface area contributed by atoms with Crippen molar-refractivity contribution in [2.75, 3.05) is 19.8 Å². The highest BCUT2D eigenvalue weighted by atomic mass is 35.5. The van der Waals surface area contributed by atoms with Crippen LogP contribution in [-0.4, -0.2) is 38.5 Å². The molecule has 0 amide bonds. The number of benzene rings is 1. The van der Waals surface area contributed by atoms with E-state index in [0.717, 1.165) is 12.1 Å². The normalized spacial score (nSPS) is 20.7. The van der Waals surface area contributed by atoms with E-state index in [4.69, 9.17) is 16.3 Å². The van der Waals surface area contributed by atoms with Gasteiger partial charge in [-0.1, -0.05) is 6.92 Å². The van der Waals surface area contributed by atoms with Gasteiger partial charge in [0.25, 0.3) is 0 Å². The van der Waals surface area contributed by atoms with E-state index in [1.807, 2.05) is 6.92 Å². The fraction of sp³-hybridized carbons (Fsp3) is 0.538. The Kier molecular flexibility index (Phi) is 5.19. The number of nitrogens with zero attached hydrogens (tertiary/aromatic N) is 1. The van der Waals surface area contributed by atoms with E-state index in [2.05, 4.69) is 0 Å². The second-order valence-corrected chi connectivity index (χ2v) is 6.90. The minimum Gasteiger partial charge on any atom is -0.378 e. The van der Waals surface area contributed by atoms with Crippen molar-refractivity contribution in [3.05, 3.63) is 29.3 Å². The van der Waals surface area contributed by atoms with Gasteiger partial charge in [-0.2, -0.15) is 4.31 Å². The lowest BCUT2D eigenvalue weighted by Gasteiger charge is -2.34. The summed E-state index contributed by atoms with van der Waals surface area (Å²) in [5.74, 6) is -2.68. The van der Waals surface area contributed by atoms with Crippen LogP contribution in [0.5, 0.6) is 0 Å². The molecule has 2 rings (SSSR count). The van der Waals surface area contributed by atoms with Crippen LogP contribution in [0.25, 0.3) is 0 Å². The highest BCUT2D eigenvalue weighted by Crippen LogP contribution is 2.27. The smallest absolute Gasteiger partial charge is 0.246 e. The average Bonchev–Trinajstić information content (AvgIpc) is 2.49. The van der Waals surface area contributed by atoms with Gasteiger partial charge >= 0.3 is 0 Å². The zero-order valence-electron chi connectivity index (χ0n) is 11.5. The molecule has 1 aliphatic heterocycles. The van der Waals surface area contributed by atoms with Crippen LogP contribution in [-0.2, 0) is 20.6 Å². The molecule has 0 spiro atoms. The Morgan fingerprint density at radius 2 is 2.14 bits per heavy atom. The number of hydrogen-bond donors (Lipinski definition) is 0. The third kappa shape index (κ3) is 3.21. The van der Waals surface area contributed by atoms with Gasteiger partial charge in [-0.3, -0.25) is 0 Å². The summed E-state index contributed by atoms with van der Waals surface area (Å²) in [4.78, 5) is -0.668. The summed E-state index contributed by atoms with van der Waals surface area (Å²) in [6.07, 6.45) is 0.526. The molecule has 0 bridgehead atoms. The predicted molar refractivity (Wildman–Crippen MR) is 74.7 cm³/mol. The molecule has 1 unspecified atom stereocenters. The van der Waals surface area contributed by atoms with E-state index in [0.29, 0.717) is 6.42 Å². The minimum atomic E-state index is -4.13. The van der Waals surface area contributed by atoms with E-state index >= 15 is 0 Å². The Morgan fingerprint density at radius 3 is 2.76 bits per heavy atom. The molecule has 1 aliphatic rings. The van der Waals surface area contributed by atoms with E-state index in [1.165, 1.54) is 4.31 Å². The first-order valence-electron chi connectivity index (χ1n) is 6.55. The second kappa shape index (κ2) is 6.56. The van der Waals surface area contributed by atoms with Crippen LogP contribution < -0.4 is 0 Å². The fourth-order valence-electron chi connectivity index (χ4n) is 2.29. The van der Waals surface area contributed by atoms with Gasteiger partial charge in [-0.25, -0.2) is 17.2 Å². The summed E-state index contributed by atoms with van der Waals surface area (Å²) in [6, 6.07) is 1.60. The van der Waals surface area contributed by atoms with Gasteiger partial charge in [-0.15, -0.1) is 11.6 Å². The minimum absolute atomic E-state index is 0.0972. The number of halogens is 3. The lowest BCUT2D eigenvalue weighted by atomic mass is 10.2. The van der Waals surface area contributed by atoms with Crippen molar-refractivity contribution in [3.8, 4) is 0 Å². The van der Waals surface area contributed by atoms with Gasteiger partial charge in [-0.05, 0) is 24.1 Å². The van der Waals surface area contributed by atoms with Crippen molar-refractivity contribution >= 4 is 21.6 Å². The maximum atomic E-state index is 13.9. The third-order valence-corrected chi connectivity index (χ3v) is 5.70. The molecule has 0 aromatic heterocycles. The molecule has 1 fully saturated rings. The van der Waals surface area contributed by atoms with Gasteiger partial charge < -0.3 is 4.74 Å². The van der Waals surface area contributed by atoms with Crippen LogP contribution in [0.2, 0.25) is 0 Å². The predicted octanol–water partition coefficient (Wildman–Crippen LogP) is 2.50. The van der Waals surface area contributed by atoms with Gasteiger partial charge in [0.05, 0.1) is 13.2 Å². The number of hydrogen-bond acceptors (Lipinski definition) is 3. The van der Waals surface area contributed by atoms with Crippen molar-refractivity contribution in [2.24, 2.45) is 0 Å². The van der Waals surface area contributed by atoms with E-state index in [9.17, 15) is 17.2 Å². The molecule has 1 saturated heterocycles. The quantitative estimate of drug-likeness (QED) is 0.792. The van der Waals surface area contributed by atoms with Crippen molar-refractivity contribution in [1.82, 2.24) is 4.31 Å². The van der Waals surface area contributed by atoms with Crippen LogP contribution >= 0.6 is 11.6 Å². The van der Waals surface area contributed by atoms with Gasteiger partial charge in [0.15, 0.2) is 11.6 Å². The SMILES string of the molecule is CCC1COCCN1S(=O)(=O)c1cc(CCl)cc(F)c1F. The Hall–Kier alpha value is -0.760. The lowest BCUT2D eigenvalue weighted by molar-refractivity contribution is 0.0313. The molecule has 1 aromatic rings. The van der Waals surface area contributed by atoms with Crippen LogP contribution in [0, 0.1) is 11.6 Å². The molecule has 1 heterocycles. The number of alkyl halides is 1. The topological polar surface area (TPSA) is 46.6 Å². The van der Waals surface area contributed by atoms with Gasteiger partial charge in [0.1, 0.15) is 4.90 Å².